The average Bonchev–Trinajstić information content (AvgIpc) is 2.70. The maximum absolute atomic E-state index is 9.46. The maximum Gasteiger partial charge on any atom is 0.193 e. The quantitative estimate of drug-likeness (QED) is 0.616. The summed E-state index contributed by atoms with van der Waals surface area (Å²) in [4.78, 5) is 9.56. The van der Waals surface area contributed by atoms with E-state index in [9.17, 15) is 5.26 Å². The van der Waals surface area contributed by atoms with Crippen molar-refractivity contribution in [1.29, 1.82) is 0 Å². The molecule has 0 atom stereocenters. The summed E-state index contributed by atoms with van der Waals surface area (Å²) in [6.45, 7) is 8.69. The van der Waals surface area contributed by atoms with Gasteiger partial charge < -0.3 is 19.4 Å². The van der Waals surface area contributed by atoms with Crippen LogP contribution in [-0.2, 0) is 11.3 Å². The SMILES string of the molecule is CC.COCc1cc(N2CCCCC2)cc(N2CCCCC2)c1OO. The molecule has 0 bridgehead atoms. The van der Waals surface area contributed by atoms with Crippen molar-refractivity contribution in [2.45, 2.75) is 59.0 Å². The van der Waals surface area contributed by atoms with Gasteiger partial charge in [0.1, 0.15) is 0 Å². The highest BCUT2D eigenvalue weighted by Gasteiger charge is 2.22. The molecule has 2 heterocycles. The van der Waals surface area contributed by atoms with E-state index >= 15 is 0 Å². The van der Waals surface area contributed by atoms with Gasteiger partial charge in [-0.25, -0.2) is 5.26 Å². The molecule has 25 heavy (non-hydrogen) atoms. The molecule has 0 aromatic heterocycles. The van der Waals surface area contributed by atoms with Gasteiger partial charge in [-0.15, -0.1) is 0 Å². The van der Waals surface area contributed by atoms with E-state index in [1.54, 1.807) is 7.11 Å². The van der Waals surface area contributed by atoms with Crippen molar-refractivity contribution in [3.63, 3.8) is 0 Å². The Bertz CT molecular complexity index is 510. The molecule has 0 spiro atoms. The molecular formula is C20H34N2O3. The summed E-state index contributed by atoms with van der Waals surface area (Å²) in [5.74, 6) is 0.550. The first-order valence-electron chi connectivity index (χ1n) is 9.80. The smallest absolute Gasteiger partial charge is 0.193 e. The molecule has 2 fully saturated rings. The summed E-state index contributed by atoms with van der Waals surface area (Å²) >= 11 is 0. The van der Waals surface area contributed by atoms with Crippen LogP contribution in [0.2, 0.25) is 0 Å². The zero-order valence-electron chi connectivity index (χ0n) is 16.1. The second-order valence-corrected chi connectivity index (χ2v) is 6.57. The minimum Gasteiger partial charge on any atom is -0.380 e. The number of benzene rings is 1. The average molecular weight is 351 g/mol. The van der Waals surface area contributed by atoms with Gasteiger partial charge in [0.05, 0.1) is 12.3 Å². The monoisotopic (exact) mass is 350 g/mol. The third kappa shape index (κ3) is 5.02. The number of anilines is 2. The minimum absolute atomic E-state index is 0.443. The fourth-order valence-corrected chi connectivity index (χ4v) is 3.73. The Kier molecular flexibility index (Phi) is 8.35. The molecule has 5 nitrogen and oxygen atoms in total. The van der Waals surface area contributed by atoms with Crippen LogP contribution in [0.25, 0.3) is 0 Å². The Hall–Kier alpha value is -1.46. The maximum atomic E-state index is 9.46. The third-order valence-electron chi connectivity index (χ3n) is 4.94. The molecule has 142 valence electrons. The molecule has 1 N–H and O–H groups in total. The molecule has 0 amide bonds. The molecule has 2 aliphatic heterocycles. The van der Waals surface area contributed by atoms with E-state index in [2.05, 4.69) is 21.9 Å². The normalized spacial score (nSPS) is 17.8. The summed E-state index contributed by atoms with van der Waals surface area (Å²) in [7, 11) is 1.68. The van der Waals surface area contributed by atoms with Crippen LogP contribution in [0, 0.1) is 0 Å². The first-order valence-corrected chi connectivity index (χ1v) is 9.80. The Morgan fingerprint density at radius 2 is 1.44 bits per heavy atom. The number of hydrogen-bond acceptors (Lipinski definition) is 5. The van der Waals surface area contributed by atoms with Crippen LogP contribution in [0.5, 0.6) is 5.75 Å². The standard InChI is InChI=1S/C18H28N2O3.C2H6/c1-22-14-15-12-16(19-8-4-2-5-9-19)13-17(18(15)23-21)20-10-6-3-7-11-20;1-2/h12-13,21H,2-11,14H2,1H3;1-2H3. The highest BCUT2D eigenvalue weighted by molar-refractivity contribution is 5.70. The minimum atomic E-state index is 0.443. The number of nitrogens with zero attached hydrogens (tertiary/aromatic N) is 2. The second-order valence-electron chi connectivity index (χ2n) is 6.57. The molecule has 0 saturated carbocycles. The Balaban J connectivity index is 0.00000109. The van der Waals surface area contributed by atoms with E-state index in [0.717, 1.165) is 37.4 Å². The van der Waals surface area contributed by atoms with Crippen molar-refractivity contribution in [2.24, 2.45) is 0 Å². The number of piperidine rings is 2. The van der Waals surface area contributed by atoms with Gasteiger partial charge >= 0.3 is 0 Å². The molecule has 2 aliphatic rings. The van der Waals surface area contributed by atoms with Crippen LogP contribution in [0.1, 0.15) is 57.9 Å². The highest BCUT2D eigenvalue weighted by atomic mass is 17.1. The molecular weight excluding hydrogens is 316 g/mol. The van der Waals surface area contributed by atoms with Crippen LogP contribution in [-0.4, -0.2) is 38.5 Å². The Morgan fingerprint density at radius 1 is 0.880 bits per heavy atom. The van der Waals surface area contributed by atoms with Crippen molar-refractivity contribution < 1.29 is 14.9 Å². The van der Waals surface area contributed by atoms with E-state index in [1.807, 2.05) is 13.8 Å². The molecule has 5 heteroatoms. The summed E-state index contributed by atoms with van der Waals surface area (Å²) in [5.41, 5.74) is 3.14. The second kappa shape index (κ2) is 10.5. The van der Waals surface area contributed by atoms with Crippen molar-refractivity contribution in [2.75, 3.05) is 43.1 Å². The number of hydrogen-bond donors (Lipinski definition) is 1. The zero-order chi connectivity index (χ0) is 18.1. The fourth-order valence-electron chi connectivity index (χ4n) is 3.73. The summed E-state index contributed by atoms with van der Waals surface area (Å²) in [6.07, 6.45) is 7.48. The largest absolute Gasteiger partial charge is 0.380 e. The van der Waals surface area contributed by atoms with E-state index in [-0.39, 0.29) is 0 Å². The molecule has 3 rings (SSSR count). The van der Waals surface area contributed by atoms with Crippen molar-refractivity contribution >= 4 is 11.4 Å². The predicted octanol–water partition coefficient (Wildman–Crippen LogP) is 4.69. The van der Waals surface area contributed by atoms with Crippen molar-refractivity contribution in [1.82, 2.24) is 0 Å². The molecule has 2 saturated heterocycles. The van der Waals surface area contributed by atoms with E-state index < -0.39 is 0 Å². The van der Waals surface area contributed by atoms with Crippen LogP contribution in [0.15, 0.2) is 12.1 Å². The Labute approximate surface area is 152 Å². The first-order chi connectivity index (χ1) is 12.3. The van der Waals surface area contributed by atoms with Gasteiger partial charge in [-0.1, -0.05) is 13.8 Å². The lowest BCUT2D eigenvalue weighted by molar-refractivity contribution is -0.138. The lowest BCUT2D eigenvalue weighted by Gasteiger charge is -2.33. The number of rotatable bonds is 5. The van der Waals surface area contributed by atoms with Crippen molar-refractivity contribution in [3.05, 3.63) is 17.7 Å². The first kappa shape index (κ1) is 19.9. The van der Waals surface area contributed by atoms with E-state index in [0.29, 0.717) is 12.4 Å². The van der Waals surface area contributed by atoms with Gasteiger partial charge in [0.2, 0.25) is 0 Å². The third-order valence-corrected chi connectivity index (χ3v) is 4.94. The number of ether oxygens (including phenoxy) is 1. The molecule has 1 aromatic carbocycles. The summed E-state index contributed by atoms with van der Waals surface area (Å²) in [5, 5.41) is 9.46. The van der Waals surface area contributed by atoms with Gasteiger partial charge in [0.15, 0.2) is 5.75 Å². The fraction of sp³-hybridized carbons (Fsp3) is 0.700. The van der Waals surface area contributed by atoms with E-state index in [4.69, 9.17) is 9.62 Å². The van der Waals surface area contributed by atoms with Crippen LogP contribution in [0.4, 0.5) is 11.4 Å². The van der Waals surface area contributed by atoms with Crippen LogP contribution in [0.3, 0.4) is 0 Å². The Morgan fingerprint density at radius 3 is 1.96 bits per heavy atom. The lowest BCUT2D eigenvalue weighted by Crippen LogP contribution is -2.32. The van der Waals surface area contributed by atoms with Gasteiger partial charge in [0.25, 0.3) is 0 Å². The summed E-state index contributed by atoms with van der Waals surface area (Å²) < 4.78 is 5.33. The van der Waals surface area contributed by atoms with Crippen molar-refractivity contribution in [3.8, 4) is 5.75 Å². The van der Waals surface area contributed by atoms with E-state index in [1.165, 1.54) is 44.2 Å². The van der Waals surface area contributed by atoms with Crippen LogP contribution >= 0.6 is 0 Å². The molecule has 1 aromatic rings. The summed E-state index contributed by atoms with van der Waals surface area (Å²) in [6, 6.07) is 4.29. The van der Waals surface area contributed by atoms with Crippen LogP contribution < -0.4 is 14.7 Å². The molecule has 0 radical (unpaired) electrons. The predicted molar refractivity (Wildman–Crippen MR) is 104 cm³/mol. The topological polar surface area (TPSA) is 45.2 Å². The van der Waals surface area contributed by atoms with Gasteiger partial charge in [-0.3, -0.25) is 0 Å². The lowest BCUT2D eigenvalue weighted by atomic mass is 10.0. The molecule has 0 aliphatic carbocycles. The van der Waals surface area contributed by atoms with Gasteiger partial charge in [-0.05, 0) is 50.7 Å². The zero-order valence-corrected chi connectivity index (χ0v) is 16.1. The van der Waals surface area contributed by atoms with Gasteiger partial charge in [0, 0.05) is 44.5 Å². The highest BCUT2D eigenvalue weighted by Crippen LogP contribution is 2.38. The van der Waals surface area contributed by atoms with Gasteiger partial charge in [-0.2, -0.15) is 0 Å². The molecule has 0 unspecified atom stereocenters. The number of methoxy groups -OCH3 is 1.